The summed E-state index contributed by atoms with van der Waals surface area (Å²) >= 11 is 0. The number of fused-ring (bicyclic) bond motifs is 1. The molecule has 2 aromatic carbocycles. The Morgan fingerprint density at radius 2 is 1.94 bits per heavy atom. The van der Waals surface area contributed by atoms with Gasteiger partial charge < -0.3 is 10.2 Å². The highest BCUT2D eigenvalue weighted by Crippen LogP contribution is 2.24. The molecule has 0 amide bonds. The molecule has 1 N–H and O–H groups in total. The zero-order valence-corrected chi connectivity index (χ0v) is 10.2. The van der Waals surface area contributed by atoms with Gasteiger partial charge in [0.05, 0.1) is 0 Å². The van der Waals surface area contributed by atoms with Gasteiger partial charge >= 0.3 is 0 Å². The van der Waals surface area contributed by atoms with Crippen LogP contribution in [0.3, 0.4) is 0 Å². The lowest BCUT2D eigenvalue weighted by Gasteiger charge is -2.16. The topological polar surface area (TPSA) is 15.3 Å². The minimum Gasteiger partial charge on any atom is -0.380 e. The van der Waals surface area contributed by atoms with Gasteiger partial charge in [-0.15, -0.1) is 0 Å². The van der Waals surface area contributed by atoms with E-state index in [-0.39, 0.29) is 0 Å². The first-order chi connectivity index (χ1) is 8.33. The Balaban J connectivity index is 1.90. The van der Waals surface area contributed by atoms with Crippen molar-refractivity contribution in [2.45, 2.75) is 12.5 Å². The molecule has 0 saturated carbocycles. The zero-order chi connectivity index (χ0) is 11.7. The van der Waals surface area contributed by atoms with Gasteiger partial charge in [0.25, 0.3) is 0 Å². The molecule has 0 spiro atoms. The molecule has 0 aromatic heterocycles. The highest BCUT2D eigenvalue weighted by Gasteiger charge is 2.19. The molecule has 1 fully saturated rings. The van der Waals surface area contributed by atoms with Crippen LogP contribution < -0.4 is 5.32 Å². The van der Waals surface area contributed by atoms with E-state index in [2.05, 4.69) is 59.7 Å². The number of likely N-dealkylation sites (N-methyl/N-ethyl adjacent to an activating group) is 1. The Kier molecular flexibility index (Phi) is 2.73. The average Bonchev–Trinajstić information content (AvgIpc) is 2.75. The number of nitrogens with zero attached hydrogens (tertiary/aromatic N) is 1. The summed E-state index contributed by atoms with van der Waals surface area (Å²) in [5.74, 6) is 0. The molecule has 88 valence electrons. The number of hydrogen-bond acceptors (Lipinski definition) is 2. The van der Waals surface area contributed by atoms with E-state index in [4.69, 9.17) is 0 Å². The number of hydrogen-bond donors (Lipinski definition) is 1. The number of benzene rings is 2. The second-order valence-corrected chi connectivity index (χ2v) is 4.92. The molecule has 2 aromatic rings. The fourth-order valence-electron chi connectivity index (χ4n) is 2.62. The van der Waals surface area contributed by atoms with Gasteiger partial charge in [-0.05, 0) is 31.5 Å². The number of anilines is 1. The van der Waals surface area contributed by atoms with Crippen LogP contribution in [0.15, 0.2) is 42.5 Å². The van der Waals surface area contributed by atoms with E-state index in [0.29, 0.717) is 6.04 Å². The Hall–Kier alpha value is -1.54. The van der Waals surface area contributed by atoms with E-state index in [0.717, 1.165) is 6.54 Å². The van der Waals surface area contributed by atoms with Crippen LogP contribution in [-0.2, 0) is 0 Å². The summed E-state index contributed by atoms with van der Waals surface area (Å²) in [5.41, 5.74) is 1.27. The molecule has 1 aliphatic rings. The van der Waals surface area contributed by atoms with Gasteiger partial charge in [0.1, 0.15) is 0 Å². The van der Waals surface area contributed by atoms with Gasteiger partial charge in [-0.2, -0.15) is 0 Å². The maximum Gasteiger partial charge on any atom is 0.0422 e. The first kappa shape index (κ1) is 10.6. The third-order valence-electron chi connectivity index (χ3n) is 3.54. The highest BCUT2D eigenvalue weighted by atomic mass is 15.2. The van der Waals surface area contributed by atoms with Crippen molar-refractivity contribution in [3.05, 3.63) is 42.5 Å². The van der Waals surface area contributed by atoms with Gasteiger partial charge in [0.2, 0.25) is 0 Å². The van der Waals surface area contributed by atoms with Crippen molar-refractivity contribution in [3.63, 3.8) is 0 Å². The molecular weight excluding hydrogens is 208 g/mol. The smallest absolute Gasteiger partial charge is 0.0422 e. The fourth-order valence-corrected chi connectivity index (χ4v) is 2.62. The Labute approximate surface area is 102 Å². The molecule has 0 aliphatic carbocycles. The highest BCUT2D eigenvalue weighted by molar-refractivity contribution is 5.93. The minimum absolute atomic E-state index is 0.589. The van der Waals surface area contributed by atoms with E-state index < -0.39 is 0 Å². The number of nitrogens with one attached hydrogen (secondary N) is 1. The lowest BCUT2D eigenvalue weighted by molar-refractivity contribution is 0.414. The Morgan fingerprint density at radius 3 is 2.76 bits per heavy atom. The predicted octanol–water partition coefficient (Wildman–Crippen LogP) is 2.96. The summed E-state index contributed by atoms with van der Waals surface area (Å²) in [5, 5.41) is 6.31. The van der Waals surface area contributed by atoms with Crippen molar-refractivity contribution in [1.29, 1.82) is 0 Å². The molecule has 1 heterocycles. The molecule has 3 rings (SSSR count). The maximum atomic E-state index is 3.67. The normalized spacial score (nSPS) is 20.9. The van der Waals surface area contributed by atoms with Crippen LogP contribution >= 0.6 is 0 Å². The summed E-state index contributed by atoms with van der Waals surface area (Å²) in [6.07, 6.45) is 1.24. The zero-order valence-electron chi connectivity index (χ0n) is 10.2. The molecule has 17 heavy (non-hydrogen) atoms. The van der Waals surface area contributed by atoms with Gasteiger partial charge in [0.15, 0.2) is 0 Å². The van der Waals surface area contributed by atoms with Crippen LogP contribution in [0.4, 0.5) is 5.69 Å². The summed E-state index contributed by atoms with van der Waals surface area (Å²) < 4.78 is 0. The predicted molar refractivity (Wildman–Crippen MR) is 73.5 cm³/mol. The fraction of sp³-hybridized carbons (Fsp3) is 0.333. The maximum absolute atomic E-state index is 3.67. The molecule has 1 saturated heterocycles. The lowest BCUT2D eigenvalue weighted by Crippen LogP contribution is -2.23. The first-order valence-electron chi connectivity index (χ1n) is 6.26. The summed E-state index contributed by atoms with van der Waals surface area (Å²) in [6, 6.07) is 15.6. The molecule has 1 atom stereocenters. The van der Waals surface area contributed by atoms with Crippen molar-refractivity contribution < 1.29 is 0 Å². The van der Waals surface area contributed by atoms with Crippen molar-refractivity contribution in [1.82, 2.24) is 4.90 Å². The van der Waals surface area contributed by atoms with Crippen molar-refractivity contribution in [2.24, 2.45) is 0 Å². The Bertz CT molecular complexity index is 516. The van der Waals surface area contributed by atoms with Crippen LogP contribution in [0, 0.1) is 0 Å². The SMILES string of the molecule is CN1CCC(Nc2cccc3ccccc23)C1. The number of likely N-dealkylation sites (tertiary alicyclic amines) is 1. The van der Waals surface area contributed by atoms with Crippen LogP contribution in [-0.4, -0.2) is 31.1 Å². The molecule has 1 unspecified atom stereocenters. The summed E-state index contributed by atoms with van der Waals surface area (Å²) in [7, 11) is 2.19. The summed E-state index contributed by atoms with van der Waals surface area (Å²) in [6.45, 7) is 2.34. The minimum atomic E-state index is 0.589. The van der Waals surface area contributed by atoms with Gasteiger partial charge in [-0.1, -0.05) is 36.4 Å². The van der Waals surface area contributed by atoms with Crippen molar-refractivity contribution >= 4 is 16.5 Å². The van der Waals surface area contributed by atoms with Gasteiger partial charge in [-0.3, -0.25) is 0 Å². The van der Waals surface area contributed by atoms with E-state index in [9.17, 15) is 0 Å². The third kappa shape index (κ3) is 2.13. The van der Waals surface area contributed by atoms with Gasteiger partial charge in [0, 0.05) is 23.7 Å². The molecule has 2 nitrogen and oxygen atoms in total. The molecule has 1 aliphatic heterocycles. The molecule has 0 bridgehead atoms. The number of rotatable bonds is 2. The van der Waals surface area contributed by atoms with E-state index in [1.807, 2.05) is 0 Å². The van der Waals surface area contributed by atoms with Gasteiger partial charge in [-0.25, -0.2) is 0 Å². The van der Waals surface area contributed by atoms with E-state index in [1.165, 1.54) is 29.4 Å². The average molecular weight is 226 g/mol. The monoisotopic (exact) mass is 226 g/mol. The van der Waals surface area contributed by atoms with E-state index in [1.54, 1.807) is 0 Å². The first-order valence-corrected chi connectivity index (χ1v) is 6.26. The largest absolute Gasteiger partial charge is 0.380 e. The molecule has 2 heteroatoms. The second kappa shape index (κ2) is 4.38. The molecule has 0 radical (unpaired) electrons. The second-order valence-electron chi connectivity index (χ2n) is 4.92. The van der Waals surface area contributed by atoms with Crippen molar-refractivity contribution in [2.75, 3.05) is 25.5 Å². The van der Waals surface area contributed by atoms with Crippen LogP contribution in [0.2, 0.25) is 0 Å². The van der Waals surface area contributed by atoms with Crippen LogP contribution in [0.25, 0.3) is 10.8 Å². The van der Waals surface area contributed by atoms with Crippen LogP contribution in [0.1, 0.15) is 6.42 Å². The molecular formula is C15H18N2. The van der Waals surface area contributed by atoms with E-state index >= 15 is 0 Å². The quantitative estimate of drug-likeness (QED) is 0.847. The Morgan fingerprint density at radius 1 is 1.12 bits per heavy atom. The van der Waals surface area contributed by atoms with Crippen LogP contribution in [0.5, 0.6) is 0 Å². The standard InChI is InChI=1S/C15H18N2/c1-17-10-9-13(11-17)16-15-8-4-6-12-5-2-3-7-14(12)15/h2-8,13,16H,9-11H2,1H3. The summed E-state index contributed by atoms with van der Waals surface area (Å²) in [4.78, 5) is 2.38. The van der Waals surface area contributed by atoms with Crippen molar-refractivity contribution in [3.8, 4) is 0 Å². The lowest BCUT2D eigenvalue weighted by atomic mass is 10.1. The third-order valence-corrected chi connectivity index (χ3v) is 3.54.